The molecule has 0 aromatic carbocycles. The van der Waals surface area contributed by atoms with Crippen molar-refractivity contribution in [1.29, 1.82) is 0 Å². The van der Waals surface area contributed by atoms with Crippen LogP contribution in [0.2, 0.25) is 0 Å². The predicted molar refractivity (Wildman–Crippen MR) is 47.6 cm³/mol. The summed E-state index contributed by atoms with van der Waals surface area (Å²) in [5.74, 6) is 0. The molecule has 1 N–H and O–H groups in total. The summed E-state index contributed by atoms with van der Waals surface area (Å²) >= 11 is 0. The van der Waals surface area contributed by atoms with Gasteiger partial charge in [-0.3, -0.25) is 4.84 Å². The number of hydrogen-bond donors (Lipinski definition) is 1. The molecule has 0 aromatic rings. The van der Waals surface area contributed by atoms with Gasteiger partial charge in [0.25, 0.3) is 0 Å². The SMILES string of the molecule is CC(C)N1OC(CO)CC1(C)C. The Hall–Kier alpha value is -0.120. The van der Waals surface area contributed by atoms with E-state index in [0.29, 0.717) is 6.04 Å². The first kappa shape index (κ1) is 9.96. The maximum absolute atomic E-state index is 8.95. The molecule has 1 aliphatic rings. The first-order valence-electron chi connectivity index (χ1n) is 4.54. The Bertz CT molecular complexity index is 157. The summed E-state index contributed by atoms with van der Waals surface area (Å²) in [7, 11) is 0. The highest BCUT2D eigenvalue weighted by Crippen LogP contribution is 2.32. The van der Waals surface area contributed by atoms with Crippen molar-refractivity contribution in [3.05, 3.63) is 0 Å². The number of aliphatic hydroxyl groups is 1. The summed E-state index contributed by atoms with van der Waals surface area (Å²) in [6, 6.07) is 0.372. The molecule has 1 unspecified atom stereocenters. The van der Waals surface area contributed by atoms with Gasteiger partial charge in [0.15, 0.2) is 0 Å². The summed E-state index contributed by atoms with van der Waals surface area (Å²) in [5, 5.41) is 10.9. The fraction of sp³-hybridized carbons (Fsp3) is 1.00. The van der Waals surface area contributed by atoms with Crippen LogP contribution >= 0.6 is 0 Å². The van der Waals surface area contributed by atoms with Gasteiger partial charge in [-0.2, -0.15) is 5.06 Å². The minimum atomic E-state index is -0.0117. The standard InChI is InChI=1S/C9H19NO2/c1-7(2)10-9(3,4)5-8(6-11)12-10/h7-8,11H,5-6H2,1-4H3. The minimum Gasteiger partial charge on any atom is -0.394 e. The Labute approximate surface area is 74.3 Å². The highest BCUT2D eigenvalue weighted by atomic mass is 16.7. The van der Waals surface area contributed by atoms with Gasteiger partial charge in [-0.05, 0) is 34.1 Å². The third kappa shape index (κ3) is 1.79. The molecule has 0 aliphatic carbocycles. The molecule has 3 heteroatoms. The molecule has 0 aromatic heterocycles. The molecule has 1 rings (SSSR count). The van der Waals surface area contributed by atoms with Crippen molar-refractivity contribution in [1.82, 2.24) is 5.06 Å². The van der Waals surface area contributed by atoms with Crippen molar-refractivity contribution < 1.29 is 9.94 Å². The monoisotopic (exact) mass is 173 g/mol. The van der Waals surface area contributed by atoms with Crippen molar-refractivity contribution in [2.75, 3.05) is 6.61 Å². The van der Waals surface area contributed by atoms with Gasteiger partial charge in [-0.1, -0.05) is 0 Å². The quantitative estimate of drug-likeness (QED) is 0.680. The molecular weight excluding hydrogens is 154 g/mol. The Morgan fingerprint density at radius 2 is 2.17 bits per heavy atom. The molecule has 1 heterocycles. The minimum absolute atomic E-state index is 0.0117. The Morgan fingerprint density at radius 1 is 1.58 bits per heavy atom. The molecule has 1 aliphatic heterocycles. The van der Waals surface area contributed by atoms with Crippen LogP contribution in [0.25, 0.3) is 0 Å². The van der Waals surface area contributed by atoms with Crippen molar-refractivity contribution in [2.24, 2.45) is 0 Å². The molecule has 0 radical (unpaired) electrons. The van der Waals surface area contributed by atoms with Gasteiger partial charge in [0.05, 0.1) is 6.61 Å². The number of aliphatic hydroxyl groups excluding tert-OH is 1. The Balaban J connectivity index is 2.64. The lowest BCUT2D eigenvalue weighted by atomic mass is 9.97. The van der Waals surface area contributed by atoms with E-state index in [0.717, 1.165) is 6.42 Å². The van der Waals surface area contributed by atoms with Crippen LogP contribution in [-0.4, -0.2) is 34.5 Å². The van der Waals surface area contributed by atoms with Crippen LogP contribution in [-0.2, 0) is 4.84 Å². The van der Waals surface area contributed by atoms with Gasteiger partial charge < -0.3 is 5.11 Å². The molecule has 12 heavy (non-hydrogen) atoms. The molecule has 0 bridgehead atoms. The maximum Gasteiger partial charge on any atom is 0.104 e. The largest absolute Gasteiger partial charge is 0.394 e. The van der Waals surface area contributed by atoms with Crippen LogP contribution in [0.15, 0.2) is 0 Å². The maximum atomic E-state index is 8.95. The third-order valence-electron chi connectivity index (χ3n) is 2.26. The smallest absolute Gasteiger partial charge is 0.104 e. The summed E-state index contributed by atoms with van der Waals surface area (Å²) in [6.07, 6.45) is 0.893. The van der Waals surface area contributed by atoms with E-state index < -0.39 is 0 Å². The topological polar surface area (TPSA) is 32.7 Å². The summed E-state index contributed by atoms with van der Waals surface area (Å²) in [5.41, 5.74) is 0.0571. The first-order chi connectivity index (χ1) is 5.47. The molecule has 3 nitrogen and oxygen atoms in total. The van der Waals surface area contributed by atoms with Crippen molar-refractivity contribution in [2.45, 2.75) is 51.8 Å². The van der Waals surface area contributed by atoms with Crippen molar-refractivity contribution in [3.8, 4) is 0 Å². The molecule has 72 valence electrons. The molecule has 1 fully saturated rings. The molecule has 1 atom stereocenters. The van der Waals surface area contributed by atoms with Crippen LogP contribution in [0.4, 0.5) is 0 Å². The van der Waals surface area contributed by atoms with E-state index in [4.69, 9.17) is 9.94 Å². The number of nitrogens with zero attached hydrogens (tertiary/aromatic N) is 1. The second-order valence-corrected chi connectivity index (χ2v) is 4.35. The van der Waals surface area contributed by atoms with E-state index in [1.54, 1.807) is 0 Å². The fourth-order valence-electron chi connectivity index (χ4n) is 1.91. The van der Waals surface area contributed by atoms with Gasteiger partial charge in [-0.25, -0.2) is 0 Å². The van der Waals surface area contributed by atoms with Crippen LogP contribution in [0.5, 0.6) is 0 Å². The van der Waals surface area contributed by atoms with Crippen molar-refractivity contribution >= 4 is 0 Å². The molecule has 0 spiro atoms. The first-order valence-corrected chi connectivity index (χ1v) is 4.54. The number of rotatable bonds is 2. The normalized spacial score (nSPS) is 30.0. The van der Waals surface area contributed by atoms with Crippen LogP contribution in [0.1, 0.15) is 34.1 Å². The zero-order chi connectivity index (χ0) is 9.35. The Morgan fingerprint density at radius 3 is 2.42 bits per heavy atom. The van der Waals surface area contributed by atoms with E-state index in [9.17, 15) is 0 Å². The number of hydrogen-bond acceptors (Lipinski definition) is 3. The average Bonchev–Trinajstić information content (AvgIpc) is 2.25. The van der Waals surface area contributed by atoms with Gasteiger partial charge >= 0.3 is 0 Å². The molecule has 0 amide bonds. The molecular formula is C9H19NO2. The highest BCUT2D eigenvalue weighted by molar-refractivity contribution is 4.87. The second kappa shape index (κ2) is 3.32. The highest BCUT2D eigenvalue weighted by Gasteiger charge is 2.40. The lowest BCUT2D eigenvalue weighted by Crippen LogP contribution is -2.41. The van der Waals surface area contributed by atoms with Gasteiger partial charge in [0, 0.05) is 11.6 Å². The summed E-state index contributed by atoms with van der Waals surface area (Å²) < 4.78 is 0. The van der Waals surface area contributed by atoms with Crippen LogP contribution < -0.4 is 0 Å². The van der Waals surface area contributed by atoms with Crippen LogP contribution in [0.3, 0.4) is 0 Å². The van der Waals surface area contributed by atoms with E-state index in [2.05, 4.69) is 27.7 Å². The second-order valence-electron chi connectivity index (χ2n) is 4.35. The van der Waals surface area contributed by atoms with Gasteiger partial charge in [-0.15, -0.1) is 0 Å². The molecule has 1 saturated heterocycles. The number of hydroxylamine groups is 2. The lowest BCUT2D eigenvalue weighted by molar-refractivity contribution is -0.205. The predicted octanol–water partition coefficient (Wildman–Crippen LogP) is 1.17. The molecule has 0 saturated carbocycles. The van der Waals surface area contributed by atoms with E-state index in [1.165, 1.54) is 0 Å². The van der Waals surface area contributed by atoms with E-state index in [-0.39, 0.29) is 18.2 Å². The van der Waals surface area contributed by atoms with Gasteiger partial charge in [0.2, 0.25) is 0 Å². The average molecular weight is 173 g/mol. The van der Waals surface area contributed by atoms with Crippen LogP contribution in [0, 0.1) is 0 Å². The Kier molecular flexibility index (Phi) is 2.76. The van der Waals surface area contributed by atoms with E-state index >= 15 is 0 Å². The summed E-state index contributed by atoms with van der Waals surface area (Å²) in [6.45, 7) is 8.60. The van der Waals surface area contributed by atoms with Crippen molar-refractivity contribution in [3.63, 3.8) is 0 Å². The summed E-state index contributed by atoms with van der Waals surface area (Å²) in [4.78, 5) is 5.57. The zero-order valence-electron chi connectivity index (χ0n) is 8.37. The third-order valence-corrected chi connectivity index (χ3v) is 2.26. The van der Waals surface area contributed by atoms with Gasteiger partial charge in [0.1, 0.15) is 6.10 Å². The fourth-order valence-corrected chi connectivity index (χ4v) is 1.91. The zero-order valence-corrected chi connectivity index (χ0v) is 8.37. The lowest BCUT2D eigenvalue weighted by Gasteiger charge is -2.32. The van der Waals surface area contributed by atoms with E-state index in [1.807, 2.05) is 5.06 Å².